The molecule has 1 saturated heterocycles. The highest BCUT2D eigenvalue weighted by Gasteiger charge is 2.41. The molecule has 1 radical (unpaired) electrons. The van der Waals surface area contributed by atoms with Crippen molar-refractivity contribution in [3.8, 4) is 0 Å². The smallest absolute Gasteiger partial charge is 0.127 e. The van der Waals surface area contributed by atoms with E-state index in [0.717, 1.165) is 36.1 Å². The van der Waals surface area contributed by atoms with Gasteiger partial charge in [0.05, 0.1) is 11.6 Å². The predicted octanol–water partition coefficient (Wildman–Crippen LogP) is 3.26. The van der Waals surface area contributed by atoms with Crippen LogP contribution in [-0.4, -0.2) is 30.7 Å². The van der Waals surface area contributed by atoms with E-state index in [1.54, 1.807) is 12.3 Å². The number of nitrogens with zero attached hydrogens (tertiary/aromatic N) is 2. The number of halogens is 1. The van der Waals surface area contributed by atoms with E-state index in [2.05, 4.69) is 35.4 Å². The summed E-state index contributed by atoms with van der Waals surface area (Å²) in [5.41, 5.74) is 2.10. The third kappa shape index (κ3) is 2.81. The standard InChI is InChI=1S/C21H21FN3/c1-21(20-14-23-11-12-25-20,17-6-2-3-7-18(17)22)16-9-8-15-5-4-10-24-19(15)13-16/h2-10,13,20,23H,11-12,14H2,1H3. The van der Waals surface area contributed by atoms with Gasteiger partial charge in [-0.25, -0.2) is 9.71 Å². The average Bonchev–Trinajstić information content (AvgIpc) is 2.68. The maximum absolute atomic E-state index is 14.8. The Kier molecular flexibility index (Phi) is 4.24. The molecule has 0 saturated carbocycles. The Bertz CT molecular complexity index is 889. The Morgan fingerprint density at radius 2 is 2.00 bits per heavy atom. The van der Waals surface area contributed by atoms with Gasteiger partial charge in [-0.1, -0.05) is 36.4 Å². The fourth-order valence-corrected chi connectivity index (χ4v) is 3.79. The van der Waals surface area contributed by atoms with Gasteiger partial charge in [-0.05, 0) is 36.2 Å². The van der Waals surface area contributed by atoms with Crippen LogP contribution in [0.2, 0.25) is 0 Å². The Hall–Kier alpha value is -2.30. The fourth-order valence-electron chi connectivity index (χ4n) is 3.79. The molecule has 4 rings (SSSR count). The molecule has 0 spiro atoms. The summed E-state index contributed by atoms with van der Waals surface area (Å²) in [6.45, 7) is 4.46. The highest BCUT2D eigenvalue weighted by Crippen LogP contribution is 2.38. The molecule has 1 fully saturated rings. The first-order valence-corrected chi connectivity index (χ1v) is 8.67. The molecular formula is C21H21FN3. The topological polar surface area (TPSA) is 39.0 Å². The quantitative estimate of drug-likeness (QED) is 0.798. The number of hydrogen-bond acceptors (Lipinski definition) is 2. The minimum Gasteiger partial charge on any atom is -0.314 e. The number of fused-ring (bicyclic) bond motifs is 1. The summed E-state index contributed by atoms with van der Waals surface area (Å²) >= 11 is 0. The van der Waals surface area contributed by atoms with Gasteiger partial charge in [0.25, 0.3) is 0 Å². The third-order valence-electron chi connectivity index (χ3n) is 5.28. The lowest BCUT2D eigenvalue weighted by atomic mass is 9.69. The van der Waals surface area contributed by atoms with Gasteiger partial charge in [0, 0.05) is 36.6 Å². The van der Waals surface area contributed by atoms with Crippen molar-refractivity contribution in [1.82, 2.24) is 15.6 Å². The SMILES string of the molecule is CC(c1ccc2cccnc2c1)(c1ccccc1F)C1CNCC[N]1. The molecule has 0 amide bonds. The van der Waals surface area contributed by atoms with Gasteiger partial charge in [-0.2, -0.15) is 0 Å². The van der Waals surface area contributed by atoms with Crippen LogP contribution in [-0.2, 0) is 5.41 Å². The van der Waals surface area contributed by atoms with Gasteiger partial charge in [0.1, 0.15) is 5.82 Å². The molecule has 1 aliphatic rings. The predicted molar refractivity (Wildman–Crippen MR) is 98.3 cm³/mol. The monoisotopic (exact) mass is 334 g/mol. The van der Waals surface area contributed by atoms with E-state index in [1.807, 2.05) is 24.3 Å². The van der Waals surface area contributed by atoms with Crippen molar-refractivity contribution in [1.29, 1.82) is 0 Å². The van der Waals surface area contributed by atoms with Crippen LogP contribution in [0.25, 0.3) is 10.9 Å². The van der Waals surface area contributed by atoms with E-state index in [9.17, 15) is 4.39 Å². The van der Waals surface area contributed by atoms with E-state index in [1.165, 1.54) is 6.07 Å². The largest absolute Gasteiger partial charge is 0.314 e. The number of rotatable bonds is 3. The number of aromatic nitrogens is 1. The van der Waals surface area contributed by atoms with Gasteiger partial charge in [0.15, 0.2) is 0 Å². The summed E-state index contributed by atoms with van der Waals surface area (Å²) in [4.78, 5) is 4.48. The molecule has 4 heteroatoms. The summed E-state index contributed by atoms with van der Waals surface area (Å²) < 4.78 is 14.8. The lowest BCUT2D eigenvalue weighted by molar-refractivity contribution is 0.303. The van der Waals surface area contributed by atoms with E-state index < -0.39 is 5.41 Å². The first-order valence-electron chi connectivity index (χ1n) is 8.67. The van der Waals surface area contributed by atoms with Gasteiger partial charge in [-0.3, -0.25) is 4.98 Å². The van der Waals surface area contributed by atoms with Crippen molar-refractivity contribution >= 4 is 10.9 Å². The summed E-state index contributed by atoms with van der Waals surface area (Å²) in [6, 6.07) is 17.2. The summed E-state index contributed by atoms with van der Waals surface area (Å²) in [7, 11) is 0. The van der Waals surface area contributed by atoms with E-state index in [-0.39, 0.29) is 11.9 Å². The van der Waals surface area contributed by atoms with Crippen LogP contribution < -0.4 is 10.6 Å². The molecule has 1 N–H and O–H groups in total. The number of pyridine rings is 1. The first-order chi connectivity index (χ1) is 12.2. The van der Waals surface area contributed by atoms with Crippen molar-refractivity contribution in [3.63, 3.8) is 0 Å². The highest BCUT2D eigenvalue weighted by atomic mass is 19.1. The van der Waals surface area contributed by atoms with Crippen molar-refractivity contribution in [2.75, 3.05) is 19.6 Å². The number of hydrogen-bond donors (Lipinski definition) is 1. The van der Waals surface area contributed by atoms with Crippen LogP contribution in [0, 0.1) is 5.82 Å². The van der Waals surface area contributed by atoms with E-state index in [4.69, 9.17) is 5.32 Å². The zero-order valence-corrected chi connectivity index (χ0v) is 14.2. The van der Waals surface area contributed by atoms with Crippen LogP contribution >= 0.6 is 0 Å². The third-order valence-corrected chi connectivity index (χ3v) is 5.28. The summed E-state index contributed by atoms with van der Waals surface area (Å²) in [6.07, 6.45) is 1.79. The summed E-state index contributed by atoms with van der Waals surface area (Å²) in [5, 5.41) is 9.31. The van der Waals surface area contributed by atoms with Crippen molar-refractivity contribution < 1.29 is 4.39 Å². The van der Waals surface area contributed by atoms with E-state index >= 15 is 0 Å². The van der Waals surface area contributed by atoms with Crippen LogP contribution in [0.15, 0.2) is 60.8 Å². The number of benzene rings is 2. The van der Waals surface area contributed by atoms with Crippen LogP contribution in [0.1, 0.15) is 18.1 Å². The molecule has 0 aliphatic carbocycles. The molecular weight excluding hydrogens is 313 g/mol. The molecule has 2 aromatic carbocycles. The molecule has 127 valence electrons. The molecule has 1 aliphatic heterocycles. The zero-order valence-electron chi connectivity index (χ0n) is 14.2. The normalized spacial score (nSPS) is 20.3. The molecule has 2 atom stereocenters. The average molecular weight is 334 g/mol. The first kappa shape index (κ1) is 16.2. The lowest BCUT2D eigenvalue weighted by Gasteiger charge is -2.41. The summed E-state index contributed by atoms with van der Waals surface area (Å²) in [5.74, 6) is -0.188. The Morgan fingerprint density at radius 1 is 1.12 bits per heavy atom. The van der Waals surface area contributed by atoms with Crippen molar-refractivity contribution in [2.24, 2.45) is 0 Å². The van der Waals surface area contributed by atoms with Crippen molar-refractivity contribution in [3.05, 3.63) is 77.7 Å². The van der Waals surface area contributed by atoms with Gasteiger partial charge >= 0.3 is 0 Å². The maximum Gasteiger partial charge on any atom is 0.127 e. The molecule has 3 aromatic rings. The Labute approximate surface area is 147 Å². The number of piperazine rings is 1. The lowest BCUT2D eigenvalue weighted by Crippen LogP contribution is -2.55. The van der Waals surface area contributed by atoms with Crippen molar-refractivity contribution in [2.45, 2.75) is 18.4 Å². The Balaban J connectivity index is 1.91. The van der Waals surface area contributed by atoms with E-state index in [0.29, 0.717) is 5.56 Å². The molecule has 1 aromatic heterocycles. The molecule has 2 heterocycles. The number of nitrogens with one attached hydrogen (secondary N) is 1. The molecule has 25 heavy (non-hydrogen) atoms. The zero-order chi connectivity index (χ0) is 17.3. The second kappa shape index (κ2) is 6.54. The van der Waals surface area contributed by atoms with Gasteiger partial charge < -0.3 is 5.32 Å². The minimum atomic E-state index is -0.551. The molecule has 0 bridgehead atoms. The molecule has 3 nitrogen and oxygen atoms in total. The minimum absolute atomic E-state index is 0.0284. The second-order valence-corrected chi connectivity index (χ2v) is 6.72. The fraction of sp³-hybridized carbons (Fsp3) is 0.286. The Morgan fingerprint density at radius 3 is 2.80 bits per heavy atom. The second-order valence-electron chi connectivity index (χ2n) is 6.72. The molecule has 2 unspecified atom stereocenters. The van der Waals surface area contributed by atoms with Crippen LogP contribution in [0.4, 0.5) is 4.39 Å². The van der Waals surface area contributed by atoms with Gasteiger partial charge in [0.2, 0.25) is 0 Å². The van der Waals surface area contributed by atoms with Crippen LogP contribution in [0.3, 0.4) is 0 Å². The van der Waals surface area contributed by atoms with Gasteiger partial charge in [-0.15, -0.1) is 0 Å². The van der Waals surface area contributed by atoms with Crippen LogP contribution in [0.5, 0.6) is 0 Å². The maximum atomic E-state index is 14.8. The highest BCUT2D eigenvalue weighted by molar-refractivity contribution is 5.79.